The molecule has 48 heavy (non-hydrogen) atoms. The third kappa shape index (κ3) is 4.55. The zero-order valence-electron chi connectivity index (χ0n) is 26.7. The third-order valence-corrected chi connectivity index (χ3v) is 9.56. The molecule has 0 N–H and O–H groups in total. The molecule has 1 aliphatic carbocycles. The van der Waals surface area contributed by atoms with Gasteiger partial charge in [-0.05, 0) is 51.6 Å². The van der Waals surface area contributed by atoms with E-state index >= 15 is 0 Å². The van der Waals surface area contributed by atoms with E-state index in [9.17, 15) is 0 Å². The molecule has 8 aromatic rings. The van der Waals surface area contributed by atoms with E-state index in [0.717, 1.165) is 39.0 Å². The highest BCUT2D eigenvalue weighted by molar-refractivity contribution is 5.96. The van der Waals surface area contributed by atoms with Crippen molar-refractivity contribution in [2.75, 3.05) is 0 Å². The number of hydrogen-bond acceptors (Lipinski definition) is 4. The Kier molecular flexibility index (Phi) is 6.40. The lowest BCUT2D eigenvalue weighted by Gasteiger charge is -2.22. The van der Waals surface area contributed by atoms with Gasteiger partial charge in [-0.1, -0.05) is 141 Å². The molecular weight excluding hydrogens is 587 g/mol. The van der Waals surface area contributed by atoms with Gasteiger partial charge in [0.15, 0.2) is 17.5 Å². The van der Waals surface area contributed by atoms with E-state index in [1.54, 1.807) is 0 Å². The van der Waals surface area contributed by atoms with Gasteiger partial charge >= 0.3 is 0 Å². The Morgan fingerprint density at radius 1 is 0.458 bits per heavy atom. The molecule has 0 saturated carbocycles. The Balaban J connectivity index is 1.03. The number of rotatable bonds is 5. The standard InChI is InChI=1S/C43H31N5/c1-43(2)37-16-10-9-15-34(37)35-25-26-38-36(39(35)43)27-44-48(38)33-23-21-29(22-24-33)28-17-19-32(20-18-28)42-46-40(30-11-5-3-6-12-30)45-41(47-42)31-13-7-4-8-14-31/h3-27H,1-2H3. The van der Waals surface area contributed by atoms with E-state index in [4.69, 9.17) is 20.1 Å². The van der Waals surface area contributed by atoms with Crippen molar-refractivity contribution in [3.05, 3.63) is 163 Å². The molecule has 228 valence electrons. The summed E-state index contributed by atoms with van der Waals surface area (Å²) in [6.45, 7) is 4.64. The van der Waals surface area contributed by atoms with Gasteiger partial charge in [0.25, 0.3) is 0 Å². The smallest absolute Gasteiger partial charge is 0.164 e. The molecule has 0 unspecified atom stereocenters. The zero-order valence-corrected chi connectivity index (χ0v) is 26.7. The number of nitrogens with zero attached hydrogens (tertiary/aromatic N) is 5. The molecule has 5 heteroatoms. The average molecular weight is 618 g/mol. The maximum atomic E-state index is 4.88. The van der Waals surface area contributed by atoms with Gasteiger partial charge in [-0.2, -0.15) is 5.10 Å². The highest BCUT2D eigenvalue weighted by Crippen LogP contribution is 2.51. The molecule has 9 rings (SSSR count). The SMILES string of the molecule is CC1(C)c2ccccc2-c2ccc3c(cnn3-c3ccc(-c4ccc(-c5nc(-c6ccccc6)nc(-c6ccccc6)n5)cc4)cc3)c21. The van der Waals surface area contributed by atoms with Crippen LogP contribution in [0, 0.1) is 0 Å². The summed E-state index contributed by atoms with van der Waals surface area (Å²) < 4.78 is 2.05. The zero-order chi connectivity index (χ0) is 32.2. The first-order valence-electron chi connectivity index (χ1n) is 16.2. The molecule has 2 aromatic heterocycles. The largest absolute Gasteiger partial charge is 0.233 e. The van der Waals surface area contributed by atoms with Crippen LogP contribution in [0.4, 0.5) is 0 Å². The maximum absolute atomic E-state index is 4.88. The maximum Gasteiger partial charge on any atom is 0.164 e. The van der Waals surface area contributed by atoms with Gasteiger partial charge in [-0.3, -0.25) is 0 Å². The fraction of sp³-hybridized carbons (Fsp3) is 0.0698. The van der Waals surface area contributed by atoms with Crippen molar-refractivity contribution in [2.24, 2.45) is 0 Å². The van der Waals surface area contributed by atoms with Crippen molar-refractivity contribution in [3.63, 3.8) is 0 Å². The number of hydrogen-bond donors (Lipinski definition) is 0. The molecule has 1 aliphatic rings. The summed E-state index contributed by atoms with van der Waals surface area (Å²) in [5.41, 5.74) is 12.5. The summed E-state index contributed by atoms with van der Waals surface area (Å²) in [4.78, 5) is 14.6. The quantitative estimate of drug-likeness (QED) is 0.193. The Bertz CT molecular complexity index is 2390. The Hall–Kier alpha value is -6.20. The highest BCUT2D eigenvalue weighted by Gasteiger charge is 2.37. The minimum Gasteiger partial charge on any atom is -0.233 e. The van der Waals surface area contributed by atoms with Gasteiger partial charge in [0.1, 0.15) is 0 Å². The summed E-state index contributed by atoms with van der Waals surface area (Å²) >= 11 is 0. The molecule has 2 heterocycles. The van der Waals surface area contributed by atoms with Gasteiger partial charge in [0.2, 0.25) is 0 Å². The van der Waals surface area contributed by atoms with Crippen LogP contribution >= 0.6 is 0 Å². The normalized spacial score (nSPS) is 13.0. The predicted molar refractivity (Wildman–Crippen MR) is 194 cm³/mol. The second-order valence-electron chi connectivity index (χ2n) is 12.8. The lowest BCUT2D eigenvalue weighted by atomic mass is 9.81. The molecule has 0 aliphatic heterocycles. The molecule has 0 bridgehead atoms. The van der Waals surface area contributed by atoms with E-state index < -0.39 is 0 Å². The van der Waals surface area contributed by atoms with Crippen molar-refractivity contribution < 1.29 is 0 Å². The molecule has 5 nitrogen and oxygen atoms in total. The van der Waals surface area contributed by atoms with Crippen LogP contribution in [0.1, 0.15) is 25.0 Å². The number of aromatic nitrogens is 5. The van der Waals surface area contributed by atoms with Crippen LogP contribution in [0.2, 0.25) is 0 Å². The third-order valence-electron chi connectivity index (χ3n) is 9.56. The van der Waals surface area contributed by atoms with Crippen LogP contribution in [-0.4, -0.2) is 24.7 Å². The minimum absolute atomic E-state index is 0.0805. The summed E-state index contributed by atoms with van der Waals surface area (Å²) in [5.74, 6) is 1.96. The van der Waals surface area contributed by atoms with Crippen molar-refractivity contribution in [1.82, 2.24) is 24.7 Å². The van der Waals surface area contributed by atoms with Gasteiger partial charge in [0, 0.05) is 27.5 Å². The highest BCUT2D eigenvalue weighted by atomic mass is 15.3. The topological polar surface area (TPSA) is 56.5 Å². The fourth-order valence-corrected chi connectivity index (χ4v) is 7.15. The van der Waals surface area contributed by atoms with Crippen molar-refractivity contribution in [2.45, 2.75) is 19.3 Å². The number of fused-ring (bicyclic) bond motifs is 5. The molecule has 0 amide bonds. The average Bonchev–Trinajstić information content (AvgIpc) is 3.68. The molecule has 6 aromatic carbocycles. The Morgan fingerprint density at radius 3 is 1.56 bits per heavy atom. The van der Waals surface area contributed by atoms with Crippen LogP contribution < -0.4 is 0 Å². The van der Waals surface area contributed by atoms with Crippen LogP contribution in [0.5, 0.6) is 0 Å². The minimum atomic E-state index is -0.0805. The second-order valence-corrected chi connectivity index (χ2v) is 12.8. The first-order chi connectivity index (χ1) is 23.5. The molecule has 0 saturated heterocycles. The Labute approximate surface area is 279 Å². The van der Waals surface area contributed by atoms with Crippen LogP contribution in [-0.2, 0) is 5.41 Å². The van der Waals surface area contributed by atoms with Gasteiger partial charge < -0.3 is 0 Å². The van der Waals surface area contributed by atoms with Crippen LogP contribution in [0.3, 0.4) is 0 Å². The lowest BCUT2D eigenvalue weighted by Crippen LogP contribution is -2.15. The summed E-state index contributed by atoms with van der Waals surface area (Å²) in [7, 11) is 0. The number of benzene rings is 6. The first-order valence-corrected chi connectivity index (χ1v) is 16.2. The van der Waals surface area contributed by atoms with Gasteiger partial charge in [0.05, 0.1) is 17.4 Å². The summed E-state index contributed by atoms with van der Waals surface area (Å²) in [6, 6.07) is 50.4. The molecular formula is C43H31N5. The summed E-state index contributed by atoms with van der Waals surface area (Å²) in [5, 5.41) is 6.08. The van der Waals surface area contributed by atoms with Gasteiger partial charge in [-0.15, -0.1) is 0 Å². The van der Waals surface area contributed by atoms with E-state index in [-0.39, 0.29) is 5.41 Å². The van der Waals surface area contributed by atoms with Crippen LogP contribution in [0.15, 0.2) is 152 Å². The van der Waals surface area contributed by atoms with E-state index in [1.807, 2.05) is 66.9 Å². The van der Waals surface area contributed by atoms with Crippen molar-refractivity contribution >= 4 is 10.9 Å². The van der Waals surface area contributed by atoms with E-state index in [2.05, 4.69) is 103 Å². The molecule has 0 atom stereocenters. The van der Waals surface area contributed by atoms with E-state index in [1.165, 1.54) is 27.6 Å². The monoisotopic (exact) mass is 617 g/mol. The van der Waals surface area contributed by atoms with Crippen molar-refractivity contribution in [3.8, 4) is 62.1 Å². The predicted octanol–water partition coefficient (Wildman–Crippen LogP) is 10.2. The van der Waals surface area contributed by atoms with Crippen molar-refractivity contribution in [1.29, 1.82) is 0 Å². The first kappa shape index (κ1) is 28.1. The Morgan fingerprint density at radius 2 is 0.958 bits per heavy atom. The molecule has 0 spiro atoms. The molecule has 0 radical (unpaired) electrons. The van der Waals surface area contributed by atoms with E-state index in [0.29, 0.717) is 17.5 Å². The lowest BCUT2D eigenvalue weighted by molar-refractivity contribution is 0.666. The summed E-state index contributed by atoms with van der Waals surface area (Å²) in [6.07, 6.45) is 2.03. The van der Waals surface area contributed by atoms with Crippen LogP contribution in [0.25, 0.3) is 73.0 Å². The fourth-order valence-electron chi connectivity index (χ4n) is 7.15. The molecule has 0 fully saturated rings. The second kappa shape index (κ2) is 11.0. The van der Waals surface area contributed by atoms with Gasteiger partial charge in [-0.25, -0.2) is 19.6 Å².